The molecule has 21 nitrogen and oxygen atoms in total. The van der Waals surface area contributed by atoms with Gasteiger partial charge in [-0.25, -0.2) is 0 Å². The molecule has 0 aromatic heterocycles. The SMILES string of the molecule is CCOP(=S)(OCC)Oc1ccc([N+](=O)[O-])cc1.CCOP(=S)(OCC)SCSc1cc(Cl)ccc1Cl.COP(=S)(OC)Oc1cc(Cl)c(I)cc1Cl.COP(=S)(OC)Oc1ccc([N+](=O)[O-])cc1.COP(=S)(OC)Oc1ccc([S+](C)[O-])c(C)c1. The van der Waals surface area contributed by atoms with Crippen LogP contribution < -0.4 is 18.1 Å². The highest BCUT2D eigenvalue weighted by Crippen LogP contribution is 2.62. The maximum atomic E-state index is 11.4. The van der Waals surface area contributed by atoms with Crippen LogP contribution in [0.1, 0.15) is 33.3 Å². The lowest BCUT2D eigenvalue weighted by atomic mass is 10.2. The van der Waals surface area contributed by atoms with Gasteiger partial charge in [-0.3, -0.25) is 29.3 Å². The van der Waals surface area contributed by atoms with Crippen molar-refractivity contribution in [2.75, 3.05) is 80.4 Å². The van der Waals surface area contributed by atoms with Gasteiger partial charge in [-0.1, -0.05) is 57.8 Å². The average Bonchev–Trinajstić information content (AvgIpc) is 3.36. The molecule has 0 bridgehead atoms. The lowest BCUT2D eigenvalue weighted by Crippen LogP contribution is -2.02. The molecule has 0 fully saturated rings. The highest BCUT2D eigenvalue weighted by molar-refractivity contribution is 14.1. The van der Waals surface area contributed by atoms with E-state index in [1.807, 2.05) is 26.8 Å². The minimum absolute atomic E-state index is 0.0107. The molecule has 0 aliphatic rings. The smallest absolute Gasteiger partial charge is 0.380 e. The summed E-state index contributed by atoms with van der Waals surface area (Å²) in [5, 5.41) is 23.9. The summed E-state index contributed by atoms with van der Waals surface area (Å²) in [6.07, 6.45) is 1.64. The zero-order valence-electron chi connectivity index (χ0n) is 47.8. The summed E-state index contributed by atoms with van der Waals surface area (Å²) >= 11 is 53.9. The normalized spacial score (nSPS) is 11.8. The summed E-state index contributed by atoms with van der Waals surface area (Å²) in [6.45, 7) is 0.0930. The van der Waals surface area contributed by atoms with E-state index in [1.54, 1.807) is 74.3 Å². The van der Waals surface area contributed by atoms with Gasteiger partial charge in [0.1, 0.15) is 29.3 Å². The van der Waals surface area contributed by atoms with Crippen LogP contribution in [0, 0.1) is 30.7 Å². The van der Waals surface area contributed by atoms with E-state index < -0.39 is 53.6 Å². The van der Waals surface area contributed by atoms with Crippen molar-refractivity contribution in [2.24, 2.45) is 0 Å². The van der Waals surface area contributed by atoms with Crippen LogP contribution >= 0.6 is 125 Å². The molecule has 0 spiro atoms. The molecular formula is C47H62Cl4IN2O19P5S8. The molecule has 1 unspecified atom stereocenters. The Morgan fingerprint density at radius 3 is 1.34 bits per heavy atom. The van der Waals surface area contributed by atoms with E-state index in [0.29, 0.717) is 69.5 Å². The van der Waals surface area contributed by atoms with E-state index in [1.165, 1.54) is 103 Å². The van der Waals surface area contributed by atoms with E-state index in [9.17, 15) is 24.8 Å². The zero-order chi connectivity index (χ0) is 65.5. The van der Waals surface area contributed by atoms with Gasteiger partial charge in [-0.05, 0) is 147 Å². The Hall–Kier alpha value is -0.150. The molecule has 0 aliphatic heterocycles. The molecule has 0 saturated carbocycles. The first kappa shape index (κ1) is 83.9. The maximum Gasteiger partial charge on any atom is 0.380 e. The van der Waals surface area contributed by atoms with E-state index in [-0.39, 0.29) is 11.4 Å². The molecule has 0 radical (unpaired) electrons. The number of benzene rings is 5. The predicted molar refractivity (Wildman–Crippen MR) is 376 cm³/mol. The highest BCUT2D eigenvalue weighted by Gasteiger charge is 2.25. The van der Waals surface area contributed by atoms with Crippen molar-refractivity contribution in [3.63, 3.8) is 0 Å². The Labute approximate surface area is 572 Å². The maximum absolute atomic E-state index is 11.4. The first-order chi connectivity index (χ1) is 40.3. The van der Waals surface area contributed by atoms with E-state index in [4.69, 9.17) is 169 Å². The van der Waals surface area contributed by atoms with Gasteiger partial charge in [0, 0.05) is 139 Å². The standard InChI is InChI=1S/C11H15Cl2O2PS3.C10H14NO5PS.C10H15O4PS2.C8H8Cl2IO3PS.C8H10NO5PS/c1-3-14-16(17,15-4-2)19-8-18-11-7-9(12)5-6-10(11)13;1-3-14-17(18,15-4-2)16-10-7-5-9(6-8-10)11(12)13;1-8-7-9(5-6-10(8)17(4)11)14-15(16,12-2)13-3;1-12-15(16,13-2)14-8-4-5(9)7(11)3-6(8)10;1-12-15(16,13-2)14-8-5-3-7(4-6-8)9(10)11/h5-7H,3-4,8H2,1-2H3;5-8H,3-4H2,1-2H3;5-7H,1-4H3;3-4H,1-2H3;3-6H,1-2H3. The van der Waals surface area contributed by atoms with Gasteiger partial charge >= 0.3 is 26.9 Å². The molecule has 0 aliphatic carbocycles. The van der Waals surface area contributed by atoms with Crippen molar-refractivity contribution >= 4 is 206 Å². The Balaban J connectivity index is 0.000000538. The summed E-state index contributed by atoms with van der Waals surface area (Å²) in [5.74, 6) is 1.69. The van der Waals surface area contributed by atoms with Crippen molar-refractivity contribution in [3.05, 3.63) is 147 Å². The van der Waals surface area contributed by atoms with Crippen LogP contribution in [-0.2, 0) is 115 Å². The third kappa shape index (κ3) is 31.7. The van der Waals surface area contributed by atoms with Gasteiger partial charge in [0.05, 0.1) is 56.4 Å². The fraction of sp³-hybridized carbons (Fsp3) is 0.362. The monoisotopic (exact) mass is 1640 g/mol. The van der Waals surface area contributed by atoms with Crippen molar-refractivity contribution in [3.8, 4) is 23.0 Å². The number of hydrogen-bond donors (Lipinski definition) is 0. The van der Waals surface area contributed by atoms with Crippen LogP contribution in [0.15, 0.2) is 107 Å². The van der Waals surface area contributed by atoms with Gasteiger partial charge in [-0.15, -0.1) is 11.8 Å². The summed E-state index contributed by atoms with van der Waals surface area (Å²) in [5.41, 5.74) is -1.37. The summed E-state index contributed by atoms with van der Waals surface area (Å²) in [4.78, 5) is 21.7. The second kappa shape index (κ2) is 43.0. The van der Waals surface area contributed by atoms with Crippen LogP contribution in [0.2, 0.25) is 20.1 Å². The second-order valence-electron chi connectivity index (χ2n) is 14.9. The number of thioether (sulfide) groups is 1. The van der Waals surface area contributed by atoms with Crippen LogP contribution in [0.4, 0.5) is 11.4 Å². The molecule has 5 aromatic carbocycles. The number of nitro benzene ring substituents is 2. The van der Waals surface area contributed by atoms with Gasteiger partial charge in [0.15, 0.2) is 4.90 Å². The van der Waals surface area contributed by atoms with Crippen LogP contribution in [0.25, 0.3) is 0 Å². The number of hydrogen-bond acceptors (Lipinski definition) is 26. The summed E-state index contributed by atoms with van der Waals surface area (Å²) < 4.78 is 85.5. The Morgan fingerprint density at radius 2 is 0.942 bits per heavy atom. The van der Waals surface area contributed by atoms with Gasteiger partial charge in [-0.2, -0.15) is 0 Å². The molecule has 5 aromatic rings. The first-order valence-corrected chi connectivity index (χ1v) is 43.4. The molecule has 86 heavy (non-hydrogen) atoms. The number of nitro groups is 2. The van der Waals surface area contributed by atoms with Crippen molar-refractivity contribution in [1.82, 2.24) is 0 Å². The van der Waals surface area contributed by atoms with Gasteiger partial charge < -0.3 is 58.8 Å². The lowest BCUT2D eigenvalue weighted by Gasteiger charge is -2.20. The number of rotatable bonds is 29. The molecule has 5 rings (SSSR count). The molecule has 0 amide bonds. The Kier molecular flexibility index (Phi) is 41.9. The van der Waals surface area contributed by atoms with Crippen LogP contribution in [-0.4, -0.2) is 94.8 Å². The average molecular weight is 1640 g/mol. The fourth-order valence-electron chi connectivity index (χ4n) is 5.36. The van der Waals surface area contributed by atoms with Crippen LogP contribution in [0.3, 0.4) is 0 Å². The minimum atomic E-state index is -2.82. The second-order valence-corrected chi connectivity index (χ2v) is 39.2. The molecule has 1 atom stereocenters. The van der Waals surface area contributed by atoms with E-state index >= 15 is 0 Å². The molecular weight excluding hydrogens is 1580 g/mol. The van der Waals surface area contributed by atoms with Crippen molar-refractivity contribution < 1.29 is 77.7 Å². The third-order valence-corrected chi connectivity index (χ3v) is 29.7. The lowest BCUT2D eigenvalue weighted by molar-refractivity contribution is -0.385. The molecule has 482 valence electrons. The van der Waals surface area contributed by atoms with Crippen LogP contribution in [0.5, 0.6) is 23.0 Å². The Morgan fingerprint density at radius 1 is 0.535 bits per heavy atom. The van der Waals surface area contributed by atoms with Crippen molar-refractivity contribution in [2.45, 2.75) is 44.4 Å². The number of aryl methyl sites for hydroxylation is 1. The number of halogens is 5. The zero-order valence-corrected chi connectivity index (χ0v) is 64.0. The van der Waals surface area contributed by atoms with E-state index in [0.717, 1.165) is 24.0 Å². The minimum Gasteiger partial charge on any atom is -0.612 e. The van der Waals surface area contributed by atoms with Crippen molar-refractivity contribution in [1.29, 1.82) is 0 Å². The summed E-state index contributed by atoms with van der Waals surface area (Å²) in [6, 6.07) is 25.1. The quantitative estimate of drug-likeness (QED) is 0.00632. The van der Waals surface area contributed by atoms with E-state index in [2.05, 4.69) is 22.6 Å². The molecule has 39 heteroatoms. The fourth-order valence-corrected chi connectivity index (χ4v) is 19.6. The predicted octanol–water partition coefficient (Wildman–Crippen LogP) is 19.0. The molecule has 0 N–H and O–H groups in total. The molecule has 0 saturated heterocycles. The largest absolute Gasteiger partial charge is 0.612 e. The molecule has 0 heterocycles. The Bertz CT molecular complexity index is 3140. The van der Waals surface area contributed by atoms with Gasteiger partial charge in [0.25, 0.3) is 11.4 Å². The third-order valence-electron chi connectivity index (χ3n) is 9.20. The first-order valence-electron chi connectivity index (χ1n) is 23.9. The highest BCUT2D eigenvalue weighted by atomic mass is 127. The number of nitrogens with zero attached hydrogens (tertiary/aromatic N) is 2. The number of non-ortho nitro benzene ring substituents is 2. The van der Waals surface area contributed by atoms with Gasteiger partial charge in [0.2, 0.25) is 5.69 Å². The summed E-state index contributed by atoms with van der Waals surface area (Å²) in [7, 11) is 8.52. The topological polar surface area (TPSA) is 239 Å².